The normalized spacial score (nSPS) is 21.8. The summed E-state index contributed by atoms with van der Waals surface area (Å²) in [5.74, 6) is -0.657. The first-order valence-electron chi connectivity index (χ1n) is 15.5. The summed E-state index contributed by atoms with van der Waals surface area (Å²) in [7, 11) is 1.54. The lowest BCUT2D eigenvalue weighted by Gasteiger charge is -2.36. The van der Waals surface area contributed by atoms with Crippen molar-refractivity contribution in [1.82, 2.24) is 4.90 Å². The van der Waals surface area contributed by atoms with E-state index in [0.717, 1.165) is 28.8 Å². The average Bonchev–Trinajstić information content (AvgIpc) is 3.59. The van der Waals surface area contributed by atoms with Crippen LogP contribution in [0.5, 0.6) is 5.75 Å². The molecule has 3 heterocycles. The van der Waals surface area contributed by atoms with Crippen molar-refractivity contribution in [3.63, 3.8) is 0 Å². The van der Waals surface area contributed by atoms with E-state index < -0.39 is 17.4 Å². The largest absolute Gasteiger partial charge is 0.497 e. The van der Waals surface area contributed by atoms with Crippen LogP contribution in [0.3, 0.4) is 0 Å². The van der Waals surface area contributed by atoms with E-state index in [1.165, 1.54) is 7.11 Å². The molecular weight excluding hydrogens is 570 g/mol. The molecule has 3 aliphatic rings. The van der Waals surface area contributed by atoms with Gasteiger partial charge >= 0.3 is 0 Å². The minimum Gasteiger partial charge on any atom is -0.497 e. The van der Waals surface area contributed by atoms with Crippen molar-refractivity contribution < 1.29 is 29.3 Å². The van der Waals surface area contributed by atoms with Crippen LogP contribution in [0.2, 0.25) is 0 Å². The zero-order valence-corrected chi connectivity index (χ0v) is 25.7. The highest BCUT2D eigenvalue weighted by molar-refractivity contribution is 6.07. The molecule has 0 radical (unpaired) electrons. The van der Waals surface area contributed by atoms with E-state index in [1.807, 2.05) is 48.5 Å². The van der Waals surface area contributed by atoms with Gasteiger partial charge in [0.2, 0.25) is 11.8 Å². The molecular formula is C36H39N3O6. The Labute approximate surface area is 263 Å². The lowest BCUT2D eigenvalue weighted by molar-refractivity contribution is -0.139. The van der Waals surface area contributed by atoms with E-state index in [2.05, 4.69) is 0 Å². The molecule has 0 spiro atoms. The number of benzene rings is 3. The summed E-state index contributed by atoms with van der Waals surface area (Å²) in [6, 6.07) is 20.5. The molecule has 3 aromatic rings. The molecule has 3 amide bonds. The first-order chi connectivity index (χ1) is 21.7. The third kappa shape index (κ3) is 5.62. The number of carbonyl (C=O) groups excluding carboxylic acids is 3. The quantitative estimate of drug-likeness (QED) is 0.354. The van der Waals surface area contributed by atoms with Crippen molar-refractivity contribution >= 4 is 29.1 Å². The summed E-state index contributed by atoms with van der Waals surface area (Å²) < 4.78 is 5.44. The van der Waals surface area contributed by atoms with E-state index in [9.17, 15) is 24.6 Å². The Hall–Kier alpha value is -4.47. The fourth-order valence-corrected chi connectivity index (χ4v) is 6.81. The number of aliphatic hydroxyl groups is 2. The summed E-state index contributed by atoms with van der Waals surface area (Å²) >= 11 is 0. The first-order valence-corrected chi connectivity index (χ1v) is 15.5. The Bertz CT molecular complexity index is 1650. The average molecular weight is 610 g/mol. The van der Waals surface area contributed by atoms with Gasteiger partial charge in [-0.05, 0) is 59.9 Å². The maximum absolute atomic E-state index is 14.1. The number of nitrogens with zero attached hydrogens (tertiary/aromatic N) is 3. The molecule has 45 heavy (non-hydrogen) atoms. The Kier molecular flexibility index (Phi) is 8.48. The predicted molar refractivity (Wildman–Crippen MR) is 171 cm³/mol. The van der Waals surface area contributed by atoms with Crippen molar-refractivity contribution in [3.05, 3.63) is 101 Å². The molecule has 2 N–H and O–H groups in total. The highest BCUT2D eigenvalue weighted by atomic mass is 16.5. The minimum absolute atomic E-state index is 0.0734. The molecule has 0 saturated carbocycles. The standard InChI is InChI=1S/C36H39N3O6/c1-24(8-5-13-34(42)38-22-27-11-4-3-10-26(27)19-29(38)23-40)36(44)31-20-30(45-2)15-16-32(31)39(35(36)43)21-25-9-6-12-28(18-25)37-17-7-14-33(37)41/h3-6,8-12,15-16,18,20,24,29,40,44H,7,13-14,17,19,21-23H2,1-2H3/b8-5+/t24-,29+,36+/m1/s1. The maximum atomic E-state index is 14.1. The highest BCUT2D eigenvalue weighted by Gasteiger charge is 2.52. The molecule has 0 unspecified atom stereocenters. The first kappa shape index (κ1) is 30.6. The lowest BCUT2D eigenvalue weighted by atomic mass is 9.82. The Morgan fingerprint density at radius 3 is 2.62 bits per heavy atom. The number of hydrogen-bond donors (Lipinski definition) is 2. The molecule has 0 bridgehead atoms. The van der Waals surface area contributed by atoms with Crippen molar-refractivity contribution in [2.75, 3.05) is 30.1 Å². The van der Waals surface area contributed by atoms with Crippen LogP contribution in [0.25, 0.3) is 0 Å². The third-order valence-electron chi connectivity index (χ3n) is 9.38. The van der Waals surface area contributed by atoms with Crippen molar-refractivity contribution in [2.24, 2.45) is 5.92 Å². The van der Waals surface area contributed by atoms with Gasteiger partial charge in [0.05, 0.1) is 32.0 Å². The number of anilines is 2. The fraction of sp³-hybridized carbons (Fsp3) is 0.361. The van der Waals surface area contributed by atoms with Crippen molar-refractivity contribution in [1.29, 1.82) is 0 Å². The minimum atomic E-state index is -1.89. The van der Waals surface area contributed by atoms with E-state index in [1.54, 1.807) is 52.0 Å². The second kappa shape index (κ2) is 12.5. The van der Waals surface area contributed by atoms with Crippen LogP contribution in [-0.4, -0.2) is 59.1 Å². The smallest absolute Gasteiger partial charge is 0.264 e. The number of fused-ring (bicyclic) bond motifs is 2. The van der Waals surface area contributed by atoms with Crippen LogP contribution in [0, 0.1) is 5.92 Å². The van der Waals surface area contributed by atoms with Gasteiger partial charge in [-0.1, -0.05) is 55.5 Å². The Morgan fingerprint density at radius 2 is 1.89 bits per heavy atom. The fourth-order valence-electron chi connectivity index (χ4n) is 6.81. The summed E-state index contributed by atoms with van der Waals surface area (Å²) in [5.41, 5.74) is 2.98. The number of rotatable bonds is 9. The van der Waals surface area contributed by atoms with Crippen LogP contribution >= 0.6 is 0 Å². The SMILES string of the molecule is COc1ccc2c(c1)[C@@](O)([C@H](C)/C=C/CC(=O)N1Cc3ccccc3C[C@H]1CO)C(=O)N2Cc1cccc(N2CCCC2=O)c1. The monoisotopic (exact) mass is 609 g/mol. The lowest BCUT2D eigenvalue weighted by Crippen LogP contribution is -2.46. The summed E-state index contributed by atoms with van der Waals surface area (Å²) in [6.07, 6.45) is 5.44. The highest BCUT2D eigenvalue weighted by Crippen LogP contribution is 2.47. The molecule has 3 atom stereocenters. The summed E-state index contributed by atoms with van der Waals surface area (Å²) in [6.45, 7) is 2.95. The molecule has 1 fully saturated rings. The van der Waals surface area contributed by atoms with Crippen LogP contribution in [0.1, 0.15) is 48.4 Å². The van der Waals surface area contributed by atoms with Crippen LogP contribution in [0.15, 0.2) is 78.9 Å². The molecule has 9 heteroatoms. The van der Waals surface area contributed by atoms with Gasteiger partial charge in [0.15, 0.2) is 5.60 Å². The van der Waals surface area contributed by atoms with Gasteiger partial charge in [0.25, 0.3) is 5.91 Å². The molecule has 6 rings (SSSR count). The predicted octanol–water partition coefficient (Wildman–Crippen LogP) is 4.08. The maximum Gasteiger partial charge on any atom is 0.264 e. The van der Waals surface area contributed by atoms with Crippen molar-refractivity contribution in [3.8, 4) is 5.75 Å². The number of carbonyl (C=O) groups is 3. The summed E-state index contributed by atoms with van der Waals surface area (Å²) in [5, 5.41) is 22.1. The number of ether oxygens (including phenoxy) is 1. The van der Waals surface area contributed by atoms with Crippen LogP contribution in [0.4, 0.5) is 11.4 Å². The van der Waals surface area contributed by atoms with Crippen LogP contribution < -0.4 is 14.5 Å². The number of amides is 3. The summed E-state index contributed by atoms with van der Waals surface area (Å²) in [4.78, 5) is 44.8. The topological polar surface area (TPSA) is 111 Å². The number of methoxy groups -OCH3 is 1. The molecule has 3 aliphatic heterocycles. The molecule has 1 saturated heterocycles. The van der Waals surface area contributed by atoms with Gasteiger partial charge < -0.3 is 29.6 Å². The van der Waals surface area contributed by atoms with E-state index in [4.69, 9.17) is 4.74 Å². The molecule has 3 aromatic carbocycles. The number of hydrogen-bond acceptors (Lipinski definition) is 6. The van der Waals surface area contributed by atoms with Crippen LogP contribution in [-0.2, 0) is 39.5 Å². The second-order valence-corrected chi connectivity index (χ2v) is 12.1. The Morgan fingerprint density at radius 1 is 1.09 bits per heavy atom. The molecule has 0 aromatic heterocycles. The molecule has 9 nitrogen and oxygen atoms in total. The van der Waals surface area contributed by atoms with Crippen molar-refractivity contribution in [2.45, 2.75) is 57.3 Å². The van der Waals surface area contributed by atoms with Gasteiger partial charge in [-0.15, -0.1) is 0 Å². The van der Waals surface area contributed by atoms with E-state index in [0.29, 0.717) is 42.9 Å². The van der Waals surface area contributed by atoms with Gasteiger partial charge in [0.1, 0.15) is 5.75 Å². The van der Waals surface area contributed by atoms with Gasteiger partial charge in [-0.3, -0.25) is 14.4 Å². The zero-order valence-electron chi connectivity index (χ0n) is 25.7. The number of aliphatic hydroxyl groups excluding tert-OH is 1. The van der Waals surface area contributed by atoms with E-state index in [-0.39, 0.29) is 37.4 Å². The zero-order chi connectivity index (χ0) is 31.7. The van der Waals surface area contributed by atoms with Gasteiger partial charge in [-0.25, -0.2) is 0 Å². The molecule has 0 aliphatic carbocycles. The van der Waals surface area contributed by atoms with E-state index >= 15 is 0 Å². The van der Waals surface area contributed by atoms with Gasteiger partial charge in [0, 0.05) is 43.1 Å². The molecule has 234 valence electrons. The Balaban J connectivity index is 1.22. The van der Waals surface area contributed by atoms with Gasteiger partial charge in [-0.2, -0.15) is 0 Å². The second-order valence-electron chi connectivity index (χ2n) is 12.1. The third-order valence-corrected chi connectivity index (χ3v) is 9.38.